The molecule has 20 heavy (non-hydrogen) atoms. The summed E-state index contributed by atoms with van der Waals surface area (Å²) < 4.78 is 44.3. The number of benzene rings is 1. The van der Waals surface area contributed by atoms with Gasteiger partial charge in [0.2, 0.25) is 16.4 Å². The van der Waals surface area contributed by atoms with Crippen LogP contribution in [0.15, 0.2) is 27.9 Å². The highest BCUT2D eigenvalue weighted by Gasteiger charge is 2.17. The van der Waals surface area contributed by atoms with Gasteiger partial charge in [0.25, 0.3) is 0 Å². The van der Waals surface area contributed by atoms with E-state index in [-0.39, 0.29) is 29.1 Å². The van der Waals surface area contributed by atoms with Crippen molar-refractivity contribution in [1.29, 1.82) is 0 Å². The second kappa shape index (κ2) is 5.55. The van der Waals surface area contributed by atoms with Gasteiger partial charge in [-0.1, -0.05) is 5.16 Å². The smallest absolute Gasteiger partial charge is 0.240 e. The van der Waals surface area contributed by atoms with Crippen LogP contribution in [0.25, 0.3) is 0 Å². The Hall–Kier alpha value is -2.00. The number of nitrogens with two attached hydrogens (primary N) is 1. The van der Waals surface area contributed by atoms with E-state index in [1.807, 2.05) is 0 Å². The Labute approximate surface area is 115 Å². The van der Waals surface area contributed by atoms with E-state index < -0.39 is 15.8 Å². The first-order valence-electron chi connectivity index (χ1n) is 5.70. The molecule has 1 aromatic carbocycles. The number of hydrogen-bond acceptors (Lipinski definition) is 6. The van der Waals surface area contributed by atoms with Gasteiger partial charge in [-0.05, 0) is 19.1 Å². The molecule has 0 saturated carbocycles. The fraction of sp³-hybridized carbons (Fsp3) is 0.273. The first-order chi connectivity index (χ1) is 9.40. The molecular formula is C11H13FN4O3S. The first kappa shape index (κ1) is 14.4. The number of halogens is 1. The van der Waals surface area contributed by atoms with Crippen LogP contribution in [-0.4, -0.2) is 25.1 Å². The second-order valence-electron chi connectivity index (χ2n) is 4.11. The maximum Gasteiger partial charge on any atom is 0.240 e. The molecule has 7 nitrogen and oxygen atoms in total. The summed E-state index contributed by atoms with van der Waals surface area (Å²) in [6.07, 6.45) is 1.42. The average Bonchev–Trinajstić information content (AvgIpc) is 2.88. The van der Waals surface area contributed by atoms with E-state index in [2.05, 4.69) is 19.4 Å². The average molecular weight is 300 g/mol. The number of hydrogen-bond donors (Lipinski definition) is 2. The standard InChI is InChI=1S/C11H13FN4O3S/c1-7-9(12)4-8(5-10(7)13)20(17,18)15-3-2-11-14-6-19-16-11/h4-6,15H,2-3,13H2,1H3. The quantitative estimate of drug-likeness (QED) is 0.783. The fourth-order valence-corrected chi connectivity index (χ4v) is 2.59. The number of nitrogens with one attached hydrogen (secondary N) is 1. The van der Waals surface area contributed by atoms with Gasteiger partial charge in [-0.25, -0.2) is 17.5 Å². The number of nitrogens with zero attached hydrogens (tertiary/aromatic N) is 2. The van der Waals surface area contributed by atoms with Crippen molar-refractivity contribution < 1.29 is 17.3 Å². The van der Waals surface area contributed by atoms with Crippen LogP contribution in [0.1, 0.15) is 11.4 Å². The van der Waals surface area contributed by atoms with Crippen LogP contribution in [-0.2, 0) is 16.4 Å². The summed E-state index contributed by atoms with van der Waals surface area (Å²) in [5.74, 6) is -0.286. The molecule has 0 saturated heterocycles. The van der Waals surface area contributed by atoms with Gasteiger partial charge < -0.3 is 10.3 Å². The van der Waals surface area contributed by atoms with Crippen LogP contribution < -0.4 is 10.5 Å². The highest BCUT2D eigenvalue weighted by Crippen LogP contribution is 2.20. The van der Waals surface area contributed by atoms with Gasteiger partial charge in [0, 0.05) is 24.2 Å². The van der Waals surface area contributed by atoms with Crippen LogP contribution in [0.2, 0.25) is 0 Å². The van der Waals surface area contributed by atoms with Crippen LogP contribution in [0.5, 0.6) is 0 Å². The highest BCUT2D eigenvalue weighted by atomic mass is 32.2. The molecule has 0 radical (unpaired) electrons. The number of rotatable bonds is 5. The van der Waals surface area contributed by atoms with Crippen LogP contribution in [0, 0.1) is 12.7 Å². The molecule has 2 rings (SSSR count). The molecule has 9 heteroatoms. The lowest BCUT2D eigenvalue weighted by molar-refractivity contribution is 0.410. The summed E-state index contributed by atoms with van der Waals surface area (Å²) in [6.45, 7) is 1.54. The topological polar surface area (TPSA) is 111 Å². The van der Waals surface area contributed by atoms with E-state index in [1.54, 1.807) is 0 Å². The molecule has 0 aliphatic carbocycles. The van der Waals surface area contributed by atoms with Gasteiger partial charge in [0.05, 0.1) is 4.90 Å². The zero-order valence-electron chi connectivity index (χ0n) is 10.6. The number of aromatic nitrogens is 2. The lowest BCUT2D eigenvalue weighted by atomic mass is 10.2. The summed E-state index contributed by atoms with van der Waals surface area (Å²) in [7, 11) is -3.83. The molecule has 0 bridgehead atoms. The van der Waals surface area contributed by atoms with E-state index in [0.717, 1.165) is 12.5 Å². The molecule has 0 spiro atoms. The third-order valence-electron chi connectivity index (χ3n) is 2.72. The first-order valence-corrected chi connectivity index (χ1v) is 7.19. The Morgan fingerprint density at radius 1 is 1.45 bits per heavy atom. The van der Waals surface area contributed by atoms with Gasteiger partial charge in [-0.2, -0.15) is 4.98 Å². The molecule has 0 fully saturated rings. The van der Waals surface area contributed by atoms with Gasteiger partial charge in [-0.15, -0.1) is 0 Å². The third kappa shape index (κ3) is 3.11. The molecule has 2 aromatic rings. The van der Waals surface area contributed by atoms with E-state index in [0.29, 0.717) is 5.82 Å². The molecule has 3 N–H and O–H groups in total. The largest absolute Gasteiger partial charge is 0.398 e. The highest BCUT2D eigenvalue weighted by molar-refractivity contribution is 7.89. The van der Waals surface area contributed by atoms with E-state index in [1.165, 1.54) is 13.0 Å². The molecule has 0 atom stereocenters. The summed E-state index contributed by atoms with van der Waals surface area (Å²) >= 11 is 0. The predicted molar refractivity (Wildman–Crippen MR) is 68.7 cm³/mol. The molecule has 1 heterocycles. The molecule has 0 aliphatic heterocycles. The molecule has 108 valence electrons. The lowest BCUT2D eigenvalue weighted by Gasteiger charge is -2.08. The Bertz CT molecular complexity index is 677. The molecule has 0 aliphatic rings. The summed E-state index contributed by atoms with van der Waals surface area (Å²) in [5, 5.41) is 3.55. The van der Waals surface area contributed by atoms with Crippen molar-refractivity contribution in [2.75, 3.05) is 12.3 Å². The number of nitrogen functional groups attached to an aromatic ring is 1. The Kier molecular flexibility index (Phi) is 4.00. The van der Waals surface area contributed by atoms with Crippen molar-refractivity contribution in [2.24, 2.45) is 0 Å². The van der Waals surface area contributed by atoms with Crippen molar-refractivity contribution in [2.45, 2.75) is 18.2 Å². The number of anilines is 1. The van der Waals surface area contributed by atoms with Crippen molar-refractivity contribution >= 4 is 15.7 Å². The summed E-state index contributed by atoms with van der Waals surface area (Å²) in [6, 6.07) is 2.15. The SMILES string of the molecule is Cc1c(N)cc(S(=O)(=O)NCCc2ncon2)cc1F. The van der Waals surface area contributed by atoms with Crippen LogP contribution >= 0.6 is 0 Å². The van der Waals surface area contributed by atoms with Crippen molar-refractivity contribution in [3.63, 3.8) is 0 Å². The van der Waals surface area contributed by atoms with Crippen LogP contribution in [0.3, 0.4) is 0 Å². The Balaban J connectivity index is 2.10. The molecular weight excluding hydrogens is 287 g/mol. The summed E-state index contributed by atoms with van der Waals surface area (Å²) in [5.41, 5.74) is 5.86. The predicted octanol–water partition coefficient (Wildman–Crippen LogP) is 0.620. The van der Waals surface area contributed by atoms with Gasteiger partial charge in [0.15, 0.2) is 5.82 Å². The Morgan fingerprint density at radius 2 is 2.20 bits per heavy atom. The zero-order valence-corrected chi connectivity index (χ0v) is 11.4. The summed E-state index contributed by atoms with van der Waals surface area (Å²) in [4.78, 5) is 3.54. The minimum atomic E-state index is -3.83. The second-order valence-corrected chi connectivity index (χ2v) is 5.88. The monoisotopic (exact) mass is 300 g/mol. The molecule has 0 amide bonds. The lowest BCUT2D eigenvalue weighted by Crippen LogP contribution is -2.26. The van der Waals surface area contributed by atoms with Gasteiger partial charge in [0.1, 0.15) is 5.82 Å². The maximum absolute atomic E-state index is 13.5. The van der Waals surface area contributed by atoms with E-state index in [4.69, 9.17) is 5.73 Å². The normalized spacial score (nSPS) is 11.7. The molecule has 1 aromatic heterocycles. The van der Waals surface area contributed by atoms with Gasteiger partial charge >= 0.3 is 0 Å². The van der Waals surface area contributed by atoms with Crippen molar-refractivity contribution in [1.82, 2.24) is 14.9 Å². The van der Waals surface area contributed by atoms with Gasteiger partial charge in [-0.3, -0.25) is 0 Å². The van der Waals surface area contributed by atoms with Crippen molar-refractivity contribution in [3.8, 4) is 0 Å². The maximum atomic E-state index is 13.5. The minimum Gasteiger partial charge on any atom is -0.398 e. The van der Waals surface area contributed by atoms with E-state index in [9.17, 15) is 12.8 Å². The Morgan fingerprint density at radius 3 is 2.80 bits per heavy atom. The third-order valence-corrected chi connectivity index (χ3v) is 4.16. The molecule has 0 unspecified atom stereocenters. The fourth-order valence-electron chi connectivity index (χ4n) is 1.51. The van der Waals surface area contributed by atoms with Crippen molar-refractivity contribution in [3.05, 3.63) is 35.7 Å². The zero-order chi connectivity index (χ0) is 14.8. The minimum absolute atomic E-state index is 0.0667. The van der Waals surface area contributed by atoms with E-state index >= 15 is 0 Å². The van der Waals surface area contributed by atoms with Crippen LogP contribution in [0.4, 0.5) is 10.1 Å². The number of sulfonamides is 1.